The molecule has 36 nitrogen and oxygen atoms in total. The number of Topliss-reactive ketones (excluding diaryl/α,β-unsaturated/α-hetero) is 6. The van der Waals surface area contributed by atoms with Gasteiger partial charge < -0.3 is 86.7 Å². The lowest BCUT2D eigenvalue weighted by atomic mass is 9.93. The highest BCUT2D eigenvalue weighted by atomic mass is 16.8. The number of nitrogens with zero attached hydrogens (tertiary/aromatic N) is 4. The van der Waals surface area contributed by atoms with Gasteiger partial charge in [0.1, 0.15) is 24.2 Å². The minimum atomic E-state index is -1.20. The SMILES string of the molecule is COCCOCCCC(=O)c1ccc2c(c1)C(CO)c1cc(C(=O)CCCOCCOC)ccc1-2.COCCOCCCC(=O)c1ccc2c(c1)C(COC(=O)ON1C(=O)CCC1=O)c1cc(C(=O)CCCOCCOC)ccc1-2.COCCOCCCC(=O)c1ccc2c(c1)C(COC(=O)On1nnc3ccccc31)c1cc(C(=O)CCCOCCOC)ccc1-2.O=C(O)c1ccc2c(c1)C(CO)c1cc(C(=O)O)ccc1-2. The zero-order valence-corrected chi connectivity index (χ0v) is 83.9. The Morgan fingerprint density at radius 1 is 0.297 bits per heavy atom. The van der Waals surface area contributed by atoms with Crippen LogP contribution in [0.25, 0.3) is 55.5 Å². The second kappa shape index (κ2) is 58.3. The van der Waals surface area contributed by atoms with E-state index in [0.29, 0.717) is 233 Å². The minimum Gasteiger partial charge on any atom is -0.478 e. The number of ketones is 6. The molecule has 1 saturated heterocycles. The third-order valence-corrected chi connectivity index (χ3v) is 25.5. The summed E-state index contributed by atoms with van der Waals surface area (Å²) >= 11 is 0. The van der Waals surface area contributed by atoms with Gasteiger partial charge in [-0.2, -0.15) is 0 Å². The number of benzene rings is 9. The molecule has 9 aromatic carbocycles. The number of carboxylic acid groups (broad SMARTS) is 2. The van der Waals surface area contributed by atoms with Crippen LogP contribution in [0.2, 0.25) is 0 Å². The number of imide groups is 1. The van der Waals surface area contributed by atoms with E-state index >= 15 is 0 Å². The van der Waals surface area contributed by atoms with Crippen molar-refractivity contribution >= 4 is 81.8 Å². The van der Waals surface area contributed by atoms with Gasteiger partial charge in [-0.3, -0.25) is 48.0 Å². The third-order valence-electron chi connectivity index (χ3n) is 25.5. The number of para-hydroxylation sites is 1. The van der Waals surface area contributed by atoms with Crippen molar-refractivity contribution in [1.82, 2.24) is 20.2 Å². The summed E-state index contributed by atoms with van der Waals surface area (Å²) in [5, 5.41) is 46.2. The van der Waals surface area contributed by atoms with E-state index in [1.165, 1.54) is 12.1 Å². The van der Waals surface area contributed by atoms with E-state index in [-0.39, 0.29) is 104 Å². The topological polar surface area (TPSA) is 467 Å². The first-order valence-corrected chi connectivity index (χ1v) is 49.2. The highest BCUT2D eigenvalue weighted by Crippen LogP contribution is 2.50. The predicted octanol–water partition coefficient (Wildman–Crippen LogP) is 15.6. The number of fused-ring (bicyclic) bond motifs is 13. The first-order valence-electron chi connectivity index (χ1n) is 49.2. The van der Waals surface area contributed by atoms with Crippen LogP contribution in [-0.2, 0) is 80.7 Å². The maximum Gasteiger partial charge on any atom is 0.535 e. The van der Waals surface area contributed by atoms with Gasteiger partial charge in [-0.15, -0.1) is 5.10 Å². The number of carbonyl (C=O) groups is 12. The summed E-state index contributed by atoms with van der Waals surface area (Å²) < 4.78 is 73.6. The van der Waals surface area contributed by atoms with Crippen LogP contribution in [0.5, 0.6) is 0 Å². The summed E-state index contributed by atoms with van der Waals surface area (Å²) in [5.41, 5.74) is 18.4. The molecule has 0 spiro atoms. The molecular formula is C112H126N4O32. The Kier molecular flexibility index (Phi) is 44.6. The fourth-order valence-electron chi connectivity index (χ4n) is 17.9. The molecule has 0 bridgehead atoms. The second-order valence-corrected chi connectivity index (χ2v) is 35.2. The Morgan fingerprint density at radius 3 is 0.784 bits per heavy atom. The molecular weight excluding hydrogens is 1910 g/mol. The van der Waals surface area contributed by atoms with Crippen molar-refractivity contribution in [3.63, 3.8) is 0 Å². The van der Waals surface area contributed by atoms with Gasteiger partial charge in [0.25, 0.3) is 11.8 Å². The van der Waals surface area contributed by atoms with Crippen molar-refractivity contribution in [2.75, 3.05) is 188 Å². The molecule has 0 unspecified atom stereocenters. The van der Waals surface area contributed by atoms with E-state index in [1.54, 1.807) is 115 Å². The number of aliphatic hydroxyl groups is 2. The van der Waals surface area contributed by atoms with E-state index in [9.17, 15) is 67.7 Å². The molecule has 5 aliphatic rings. The molecule has 1 aliphatic heterocycles. The summed E-state index contributed by atoms with van der Waals surface area (Å²) in [6.45, 7) is 8.20. The molecule has 0 atom stereocenters. The smallest absolute Gasteiger partial charge is 0.478 e. The molecule has 2 amide bonds. The Bertz CT molecular complexity index is 5980. The van der Waals surface area contributed by atoms with Crippen molar-refractivity contribution in [3.05, 3.63) is 259 Å². The highest BCUT2D eigenvalue weighted by Gasteiger charge is 2.39. The molecule has 1 fully saturated rings. The average molecular weight is 2040 g/mol. The molecule has 4 aliphatic carbocycles. The van der Waals surface area contributed by atoms with Crippen molar-refractivity contribution in [2.24, 2.45) is 0 Å². The maximum absolute atomic E-state index is 13.1. The molecule has 1 aromatic heterocycles. The van der Waals surface area contributed by atoms with Gasteiger partial charge in [0, 0.05) is 191 Å². The molecule has 2 heterocycles. The summed E-state index contributed by atoms with van der Waals surface area (Å²) in [5.74, 6) is -4.94. The van der Waals surface area contributed by atoms with Crippen LogP contribution in [-0.4, -0.2) is 299 Å². The van der Waals surface area contributed by atoms with Gasteiger partial charge in [-0.05, 0) is 206 Å². The Balaban J connectivity index is 0.000000181. The van der Waals surface area contributed by atoms with Crippen molar-refractivity contribution < 1.29 is 154 Å². The van der Waals surface area contributed by atoms with Crippen molar-refractivity contribution in [2.45, 2.75) is 114 Å². The lowest BCUT2D eigenvalue weighted by Crippen LogP contribution is -2.32. The Hall–Kier alpha value is -13.5. The molecule has 36 heteroatoms. The average Bonchev–Trinajstić information content (AvgIpc) is 1.61. The fraction of sp³-hybridized carbons (Fsp3) is 0.411. The van der Waals surface area contributed by atoms with Crippen LogP contribution in [0.3, 0.4) is 0 Å². The van der Waals surface area contributed by atoms with Crippen LogP contribution >= 0.6 is 0 Å². The van der Waals surface area contributed by atoms with Crippen LogP contribution < -0.4 is 4.84 Å². The number of hydroxylamine groups is 2. The standard InChI is InChI=1S/C35H39N3O9.C33H39NO11.C28H36O7.C16H12O5/c1-42-17-19-44-15-5-9-33(39)24-11-13-26-27-14-12-25(34(40)10-6-16-45-20-18-43-2)22-29(27)30(28(26)21-24)23-46-35(41)47-38-32-8-4-3-7-31(32)36-37-38;1-40-15-17-42-13-3-5-29(35)22-7-9-24-25-10-8-23(30(36)6-4-14-43-18-16-41-2)20-27(25)28(26(24)19-22)21-44-33(39)45-34-31(37)11-12-32(34)38;1-32-13-15-34-11-3-5-27(30)20-7-9-22-23-10-8-21(18-25(23)26(19-29)24(22)17-20)28(31)6-4-12-35-16-14-33-2;17-7-14-12-5-8(15(18)19)1-3-10(12)11-4-2-9(16(20)21)6-13(11)14/h3-4,7-8,11-14,21-22,30H,5-6,9-10,15-20,23H2,1-2H3;7-10,19-20,28H,3-6,11-18,21H2,1-2H3;7-10,17-18,26,29H,3-6,11-16,19H2,1-2H3;1-6,14,17H,7H2,(H,18,19)(H,20,21). The molecule has 148 heavy (non-hydrogen) atoms. The third kappa shape index (κ3) is 30.6. The van der Waals surface area contributed by atoms with Gasteiger partial charge in [-0.1, -0.05) is 107 Å². The van der Waals surface area contributed by atoms with E-state index < -0.39 is 53.8 Å². The summed E-state index contributed by atoms with van der Waals surface area (Å²) in [7, 11) is 9.66. The van der Waals surface area contributed by atoms with Gasteiger partial charge in [0.2, 0.25) is 0 Å². The van der Waals surface area contributed by atoms with Crippen molar-refractivity contribution in [3.8, 4) is 44.5 Å². The number of methoxy groups -OCH3 is 6. The number of hydrogen-bond acceptors (Lipinski definition) is 32. The summed E-state index contributed by atoms with van der Waals surface area (Å²) in [6.07, 6.45) is 3.34. The number of amides is 2. The van der Waals surface area contributed by atoms with E-state index in [0.717, 1.165) is 93.9 Å². The van der Waals surface area contributed by atoms with Crippen LogP contribution in [0.15, 0.2) is 170 Å². The number of carbonyl (C=O) groups excluding carboxylic acids is 10. The normalized spacial score (nSPS) is 12.9. The molecule has 15 rings (SSSR count). The molecule has 10 aromatic rings. The maximum atomic E-state index is 13.1. The lowest BCUT2D eigenvalue weighted by molar-refractivity contribution is -0.177. The van der Waals surface area contributed by atoms with Crippen molar-refractivity contribution in [1.29, 1.82) is 0 Å². The van der Waals surface area contributed by atoms with Gasteiger partial charge >= 0.3 is 24.2 Å². The number of aliphatic hydroxyl groups excluding tert-OH is 2. The zero-order chi connectivity index (χ0) is 105. The monoisotopic (exact) mass is 2040 g/mol. The van der Waals surface area contributed by atoms with Gasteiger partial charge in [0.15, 0.2) is 34.7 Å². The van der Waals surface area contributed by atoms with Crippen LogP contribution in [0, 0.1) is 0 Å². The number of rotatable bonds is 58. The molecule has 4 N–H and O–H groups in total. The number of carboxylic acids is 2. The van der Waals surface area contributed by atoms with E-state index in [2.05, 4.69) is 10.3 Å². The second-order valence-electron chi connectivity index (χ2n) is 35.2. The van der Waals surface area contributed by atoms with Crippen LogP contribution in [0.1, 0.15) is 241 Å². The Morgan fingerprint density at radius 2 is 0.534 bits per heavy atom. The number of aromatic carboxylic acids is 2. The Labute approximate surface area is 856 Å². The summed E-state index contributed by atoms with van der Waals surface area (Å²) in [4.78, 5) is 160. The van der Waals surface area contributed by atoms with Crippen LogP contribution in [0.4, 0.5) is 9.59 Å². The van der Waals surface area contributed by atoms with E-state index in [4.69, 9.17) is 86.2 Å². The fourth-order valence-corrected chi connectivity index (χ4v) is 17.9. The summed E-state index contributed by atoms with van der Waals surface area (Å²) in [6, 6.07) is 49.9. The number of hydrogen-bond donors (Lipinski definition) is 4. The minimum absolute atomic E-state index is 0.0141. The van der Waals surface area contributed by atoms with Gasteiger partial charge in [-0.25, -0.2) is 19.2 Å². The largest absolute Gasteiger partial charge is 0.535 e. The van der Waals surface area contributed by atoms with Gasteiger partial charge in [0.05, 0.1) is 104 Å². The first kappa shape index (κ1) is 113. The lowest BCUT2D eigenvalue weighted by Gasteiger charge is -2.17. The molecule has 786 valence electrons. The highest BCUT2D eigenvalue weighted by molar-refractivity contribution is 6.04. The predicted molar refractivity (Wildman–Crippen MR) is 540 cm³/mol. The first-order chi connectivity index (χ1) is 72.0. The van der Waals surface area contributed by atoms with E-state index in [1.807, 2.05) is 84.9 Å². The zero-order valence-electron chi connectivity index (χ0n) is 83.9. The molecule has 0 radical (unpaired) electrons. The molecule has 0 saturated carbocycles. The number of aromatic nitrogens is 3. The number of ether oxygens (including phenoxy) is 14. The quantitative estimate of drug-likeness (QED) is 0.00904.